The number of carbonyl (C=O) groups is 2. The van der Waals surface area contributed by atoms with Crippen molar-refractivity contribution in [2.45, 2.75) is 18.9 Å². The summed E-state index contributed by atoms with van der Waals surface area (Å²) in [5.74, 6) is -6.65. The summed E-state index contributed by atoms with van der Waals surface area (Å²) in [6.07, 6.45) is 3.27. The van der Waals surface area contributed by atoms with E-state index in [0.717, 1.165) is 6.08 Å². The molecule has 4 rings (SSSR count). The Kier molecular flexibility index (Phi) is 8.14. The number of hydrogen-bond acceptors (Lipinski definition) is 8. The van der Waals surface area contributed by atoms with Gasteiger partial charge in [0.2, 0.25) is 0 Å². The molecule has 0 radical (unpaired) electrons. The van der Waals surface area contributed by atoms with E-state index in [-0.39, 0.29) is 25.3 Å². The Bertz CT molecular complexity index is 1280. The molecule has 0 amide bonds. The number of esters is 1. The molecule has 3 heterocycles. The SMILES string of the molecule is CCOC(=O)C1=C(CN2CC(/C=C/C(=O)O)C(F)(F)C2)NC(c2nccs2)=N[C@H]1c1ccc(F)cc1Br. The van der Waals surface area contributed by atoms with Gasteiger partial charge in [-0.3, -0.25) is 9.89 Å². The number of nitrogens with one attached hydrogen (secondary N) is 1. The highest BCUT2D eigenvalue weighted by atomic mass is 79.9. The first-order chi connectivity index (χ1) is 17.6. The number of carbonyl (C=O) groups excluding carboxylic acids is 1. The van der Waals surface area contributed by atoms with E-state index in [2.05, 4.69) is 31.2 Å². The number of aliphatic carboxylic acids is 1. The van der Waals surface area contributed by atoms with Gasteiger partial charge in [-0.15, -0.1) is 11.3 Å². The fraction of sp³-hybridized carbons (Fsp3) is 0.333. The Morgan fingerprint density at radius 2 is 2.19 bits per heavy atom. The fourth-order valence-electron chi connectivity index (χ4n) is 4.20. The molecule has 37 heavy (non-hydrogen) atoms. The Morgan fingerprint density at radius 3 is 2.84 bits per heavy atom. The molecule has 1 fully saturated rings. The van der Waals surface area contributed by atoms with E-state index < -0.39 is 42.2 Å². The van der Waals surface area contributed by atoms with Crippen LogP contribution in [0, 0.1) is 11.7 Å². The van der Waals surface area contributed by atoms with Crippen LogP contribution in [0.1, 0.15) is 23.5 Å². The van der Waals surface area contributed by atoms with Crippen LogP contribution < -0.4 is 5.32 Å². The van der Waals surface area contributed by atoms with E-state index in [1.54, 1.807) is 18.5 Å². The standard InChI is InChI=1S/C24H22BrF3N4O4S/c1-2-36-23(35)19-17(11-32-10-13(3-6-18(33)34)24(27,28)12-32)30-21(22-29-7-8-37-22)31-20(19)15-5-4-14(26)9-16(15)25/h3-9,13,20H,2,10-12H2,1H3,(H,30,31)(H,33,34)/b6-3+/t13?,20-/m0/s1. The molecule has 2 atom stereocenters. The summed E-state index contributed by atoms with van der Waals surface area (Å²) in [6, 6.07) is 3.05. The third kappa shape index (κ3) is 6.11. The fourth-order valence-corrected chi connectivity index (χ4v) is 5.36. The normalized spacial score (nSPS) is 21.7. The van der Waals surface area contributed by atoms with Gasteiger partial charge in [0.15, 0.2) is 10.8 Å². The zero-order valence-electron chi connectivity index (χ0n) is 19.5. The van der Waals surface area contributed by atoms with Gasteiger partial charge in [0, 0.05) is 40.9 Å². The molecule has 0 aliphatic carbocycles. The minimum absolute atomic E-state index is 0.0693. The highest BCUT2D eigenvalue weighted by Crippen LogP contribution is 2.39. The number of hydrogen-bond donors (Lipinski definition) is 2. The minimum atomic E-state index is -3.17. The van der Waals surface area contributed by atoms with E-state index in [1.165, 1.54) is 34.4 Å². The maximum atomic E-state index is 14.7. The van der Waals surface area contributed by atoms with Gasteiger partial charge in [-0.1, -0.05) is 28.1 Å². The number of alkyl halides is 2. The van der Waals surface area contributed by atoms with E-state index in [9.17, 15) is 22.8 Å². The summed E-state index contributed by atoms with van der Waals surface area (Å²) < 4.78 is 48.9. The lowest BCUT2D eigenvalue weighted by Crippen LogP contribution is -2.39. The summed E-state index contributed by atoms with van der Waals surface area (Å²) in [5, 5.41) is 14.2. The van der Waals surface area contributed by atoms with Crippen LogP contribution in [0.3, 0.4) is 0 Å². The van der Waals surface area contributed by atoms with Gasteiger partial charge in [-0.2, -0.15) is 0 Å². The van der Waals surface area contributed by atoms with Crippen LogP contribution in [0.5, 0.6) is 0 Å². The zero-order chi connectivity index (χ0) is 26.7. The molecule has 2 aliphatic rings. The number of aliphatic imine (C=N–C) groups is 1. The number of carboxylic acids is 1. The number of ether oxygens (including phenoxy) is 1. The molecule has 1 aromatic carbocycles. The van der Waals surface area contributed by atoms with Crippen molar-refractivity contribution < 1.29 is 32.6 Å². The van der Waals surface area contributed by atoms with Gasteiger partial charge in [0.1, 0.15) is 11.9 Å². The molecular weight excluding hydrogens is 577 g/mol. The van der Waals surface area contributed by atoms with E-state index in [4.69, 9.17) is 9.84 Å². The molecule has 2 aromatic rings. The van der Waals surface area contributed by atoms with Crippen molar-refractivity contribution in [2.75, 3.05) is 26.2 Å². The third-order valence-electron chi connectivity index (χ3n) is 5.80. The number of rotatable bonds is 8. The Morgan fingerprint density at radius 1 is 1.41 bits per heavy atom. The first-order valence-corrected chi connectivity index (χ1v) is 12.9. The molecule has 2 N–H and O–H groups in total. The first-order valence-electron chi connectivity index (χ1n) is 11.2. The van der Waals surface area contributed by atoms with Gasteiger partial charge in [0.25, 0.3) is 5.92 Å². The minimum Gasteiger partial charge on any atom is -0.478 e. The average Bonchev–Trinajstić information content (AvgIpc) is 3.45. The van der Waals surface area contributed by atoms with Gasteiger partial charge in [-0.05, 0) is 24.6 Å². The van der Waals surface area contributed by atoms with Crippen molar-refractivity contribution in [1.82, 2.24) is 15.2 Å². The Labute approximate surface area is 222 Å². The Hall–Kier alpha value is -3.03. The average molecular weight is 599 g/mol. The highest BCUT2D eigenvalue weighted by Gasteiger charge is 2.47. The lowest BCUT2D eigenvalue weighted by molar-refractivity contribution is -0.139. The van der Waals surface area contributed by atoms with Crippen LogP contribution in [-0.4, -0.2) is 64.9 Å². The second-order valence-electron chi connectivity index (χ2n) is 8.36. The molecule has 1 unspecified atom stereocenters. The van der Waals surface area contributed by atoms with Crippen molar-refractivity contribution >= 4 is 45.0 Å². The molecule has 0 saturated carbocycles. The van der Waals surface area contributed by atoms with Gasteiger partial charge >= 0.3 is 11.9 Å². The van der Waals surface area contributed by atoms with Gasteiger partial charge in [-0.25, -0.2) is 27.7 Å². The number of likely N-dealkylation sites (tertiary alicyclic amines) is 1. The summed E-state index contributed by atoms with van der Waals surface area (Å²) >= 11 is 4.64. The van der Waals surface area contributed by atoms with Crippen LogP contribution in [0.25, 0.3) is 0 Å². The summed E-state index contributed by atoms with van der Waals surface area (Å²) in [6.45, 7) is 0.840. The molecule has 1 saturated heterocycles. The third-order valence-corrected chi connectivity index (χ3v) is 7.26. The predicted molar refractivity (Wildman–Crippen MR) is 134 cm³/mol. The summed E-state index contributed by atoms with van der Waals surface area (Å²) in [4.78, 5) is 34.4. The van der Waals surface area contributed by atoms with Crippen LogP contribution in [0.4, 0.5) is 13.2 Å². The van der Waals surface area contributed by atoms with Crippen LogP contribution in [0.15, 0.2) is 62.7 Å². The molecule has 0 bridgehead atoms. The van der Waals surface area contributed by atoms with Crippen molar-refractivity contribution in [3.05, 3.63) is 74.1 Å². The number of carboxylic acid groups (broad SMARTS) is 1. The van der Waals surface area contributed by atoms with Crippen LogP contribution >= 0.6 is 27.3 Å². The van der Waals surface area contributed by atoms with Crippen LogP contribution in [-0.2, 0) is 14.3 Å². The molecule has 8 nitrogen and oxygen atoms in total. The van der Waals surface area contributed by atoms with E-state index in [1.807, 2.05) is 0 Å². The number of benzene rings is 1. The number of aromatic nitrogens is 1. The second-order valence-corrected chi connectivity index (χ2v) is 10.1. The topological polar surface area (TPSA) is 104 Å². The number of thiazole rings is 1. The highest BCUT2D eigenvalue weighted by molar-refractivity contribution is 9.10. The molecule has 196 valence electrons. The maximum absolute atomic E-state index is 14.7. The quantitative estimate of drug-likeness (QED) is 0.347. The lowest BCUT2D eigenvalue weighted by atomic mass is 9.95. The van der Waals surface area contributed by atoms with Crippen molar-refractivity contribution in [2.24, 2.45) is 10.9 Å². The molecule has 13 heteroatoms. The number of halogens is 4. The van der Waals surface area contributed by atoms with Crippen molar-refractivity contribution in [3.8, 4) is 0 Å². The second kappa shape index (κ2) is 11.2. The zero-order valence-corrected chi connectivity index (χ0v) is 21.9. The number of amidine groups is 1. The molecular formula is C24H22BrF3N4O4S. The van der Waals surface area contributed by atoms with Crippen molar-refractivity contribution in [3.63, 3.8) is 0 Å². The summed E-state index contributed by atoms with van der Waals surface area (Å²) in [7, 11) is 0. The van der Waals surface area contributed by atoms with E-state index >= 15 is 0 Å². The smallest absolute Gasteiger partial charge is 0.338 e. The first kappa shape index (κ1) is 27.0. The monoisotopic (exact) mass is 598 g/mol. The van der Waals surface area contributed by atoms with Crippen LogP contribution in [0.2, 0.25) is 0 Å². The predicted octanol–water partition coefficient (Wildman–Crippen LogP) is 4.16. The lowest BCUT2D eigenvalue weighted by Gasteiger charge is -2.29. The molecule has 1 aromatic heterocycles. The van der Waals surface area contributed by atoms with Crippen molar-refractivity contribution in [1.29, 1.82) is 0 Å². The van der Waals surface area contributed by atoms with Gasteiger partial charge in [0.05, 0.1) is 24.6 Å². The maximum Gasteiger partial charge on any atom is 0.338 e. The number of nitrogens with zero attached hydrogens (tertiary/aromatic N) is 3. The largest absolute Gasteiger partial charge is 0.478 e. The molecule has 2 aliphatic heterocycles. The summed E-state index contributed by atoms with van der Waals surface area (Å²) in [5.41, 5.74) is 0.868. The van der Waals surface area contributed by atoms with E-state index in [0.29, 0.717) is 32.7 Å². The molecule has 0 spiro atoms. The Balaban J connectivity index is 1.77. The van der Waals surface area contributed by atoms with Gasteiger partial charge < -0.3 is 15.2 Å².